The summed E-state index contributed by atoms with van der Waals surface area (Å²) >= 11 is 3.47. The Labute approximate surface area is 125 Å². The van der Waals surface area contributed by atoms with Crippen LogP contribution in [-0.4, -0.2) is 37.5 Å². The Morgan fingerprint density at radius 2 is 2.00 bits per heavy atom. The summed E-state index contributed by atoms with van der Waals surface area (Å²) in [5.74, 6) is -0.651. The van der Waals surface area contributed by atoms with Crippen LogP contribution < -0.4 is 0 Å². The zero-order chi connectivity index (χ0) is 14.7. The normalized spacial score (nSPS) is 10.3. The molecule has 0 aliphatic carbocycles. The fourth-order valence-corrected chi connectivity index (χ4v) is 2.44. The average molecular weight is 336 g/mol. The minimum atomic E-state index is -0.440. The standard InChI is InChI=1S/C15H14BrNO3/c1-17(9-14(18)20-2)15(19)11-6-7-12-10(8-11)4-3-5-13(12)16/h3-8H,9H2,1-2H3. The third-order valence-corrected chi connectivity index (χ3v) is 3.71. The molecule has 0 aliphatic rings. The molecule has 0 aliphatic heterocycles. The minimum Gasteiger partial charge on any atom is -0.468 e. The number of nitrogens with zero attached hydrogens (tertiary/aromatic N) is 1. The smallest absolute Gasteiger partial charge is 0.325 e. The first-order valence-electron chi connectivity index (χ1n) is 6.03. The van der Waals surface area contributed by atoms with Crippen molar-refractivity contribution in [3.05, 3.63) is 46.4 Å². The largest absolute Gasteiger partial charge is 0.468 e. The van der Waals surface area contributed by atoms with E-state index >= 15 is 0 Å². The summed E-state index contributed by atoms with van der Waals surface area (Å²) in [5.41, 5.74) is 0.544. The highest BCUT2D eigenvalue weighted by atomic mass is 79.9. The molecule has 2 aromatic carbocycles. The van der Waals surface area contributed by atoms with E-state index in [1.54, 1.807) is 13.1 Å². The van der Waals surface area contributed by atoms with Gasteiger partial charge in [0.15, 0.2) is 0 Å². The van der Waals surface area contributed by atoms with E-state index in [2.05, 4.69) is 20.7 Å². The number of rotatable bonds is 3. The quantitative estimate of drug-likeness (QED) is 0.810. The first-order valence-corrected chi connectivity index (χ1v) is 6.83. The third kappa shape index (κ3) is 2.99. The minimum absolute atomic E-state index is 0.0636. The molecule has 0 radical (unpaired) electrons. The van der Waals surface area contributed by atoms with Gasteiger partial charge in [0.1, 0.15) is 6.54 Å². The molecule has 0 saturated carbocycles. The Kier molecular flexibility index (Phi) is 4.39. The van der Waals surface area contributed by atoms with Gasteiger partial charge in [-0.05, 0) is 29.0 Å². The molecule has 0 saturated heterocycles. The number of carbonyl (C=O) groups excluding carboxylic acids is 2. The molecule has 2 rings (SSSR count). The Balaban J connectivity index is 2.29. The number of halogens is 1. The lowest BCUT2D eigenvalue weighted by atomic mass is 10.1. The number of esters is 1. The molecular weight excluding hydrogens is 322 g/mol. The molecule has 4 nitrogen and oxygen atoms in total. The number of ether oxygens (including phenoxy) is 1. The van der Waals surface area contributed by atoms with Gasteiger partial charge in [0.2, 0.25) is 0 Å². The molecule has 0 bridgehead atoms. The Morgan fingerprint density at radius 1 is 1.25 bits per heavy atom. The van der Waals surface area contributed by atoms with Gasteiger partial charge in [-0.3, -0.25) is 9.59 Å². The second kappa shape index (κ2) is 6.05. The third-order valence-electron chi connectivity index (χ3n) is 3.01. The lowest BCUT2D eigenvalue weighted by Crippen LogP contribution is -2.32. The van der Waals surface area contributed by atoms with E-state index in [9.17, 15) is 9.59 Å². The highest BCUT2D eigenvalue weighted by Gasteiger charge is 2.15. The van der Waals surface area contributed by atoms with Gasteiger partial charge >= 0.3 is 5.97 Å². The van der Waals surface area contributed by atoms with E-state index in [1.807, 2.05) is 30.3 Å². The van der Waals surface area contributed by atoms with Crippen LogP contribution in [0.15, 0.2) is 40.9 Å². The molecule has 104 valence electrons. The van der Waals surface area contributed by atoms with Crippen LogP contribution >= 0.6 is 15.9 Å². The first kappa shape index (κ1) is 14.5. The number of likely N-dealkylation sites (N-methyl/N-ethyl adjacent to an activating group) is 1. The molecule has 0 N–H and O–H groups in total. The predicted octanol–water partition coefficient (Wildman–Crippen LogP) is 2.85. The van der Waals surface area contributed by atoms with Crippen molar-refractivity contribution in [3.63, 3.8) is 0 Å². The Morgan fingerprint density at radius 3 is 2.70 bits per heavy atom. The van der Waals surface area contributed by atoms with E-state index < -0.39 is 5.97 Å². The van der Waals surface area contributed by atoms with Crippen molar-refractivity contribution in [1.29, 1.82) is 0 Å². The van der Waals surface area contributed by atoms with E-state index in [-0.39, 0.29) is 12.5 Å². The van der Waals surface area contributed by atoms with Crippen LogP contribution in [0.3, 0.4) is 0 Å². The summed E-state index contributed by atoms with van der Waals surface area (Å²) in [6.45, 7) is -0.0636. The molecule has 0 unspecified atom stereocenters. The van der Waals surface area contributed by atoms with Crippen molar-refractivity contribution < 1.29 is 14.3 Å². The van der Waals surface area contributed by atoms with Gasteiger partial charge < -0.3 is 9.64 Å². The maximum atomic E-state index is 12.2. The molecule has 2 aromatic rings. The number of benzene rings is 2. The number of methoxy groups -OCH3 is 1. The molecule has 0 heterocycles. The molecule has 1 amide bonds. The van der Waals surface area contributed by atoms with Gasteiger partial charge in [0.05, 0.1) is 7.11 Å². The number of hydrogen-bond acceptors (Lipinski definition) is 3. The second-order valence-electron chi connectivity index (χ2n) is 4.41. The van der Waals surface area contributed by atoms with E-state index in [0.29, 0.717) is 5.56 Å². The SMILES string of the molecule is COC(=O)CN(C)C(=O)c1ccc2c(Br)cccc2c1. The summed E-state index contributed by atoms with van der Waals surface area (Å²) < 4.78 is 5.54. The van der Waals surface area contributed by atoms with E-state index in [4.69, 9.17) is 0 Å². The summed E-state index contributed by atoms with van der Waals surface area (Å²) in [6.07, 6.45) is 0. The molecule has 0 spiro atoms. The van der Waals surface area contributed by atoms with Crippen molar-refractivity contribution in [2.75, 3.05) is 20.7 Å². The molecule has 5 heteroatoms. The highest BCUT2D eigenvalue weighted by Crippen LogP contribution is 2.24. The monoisotopic (exact) mass is 335 g/mol. The maximum Gasteiger partial charge on any atom is 0.325 e. The summed E-state index contributed by atoms with van der Waals surface area (Å²) in [4.78, 5) is 24.8. The number of amides is 1. The molecular formula is C15H14BrNO3. The van der Waals surface area contributed by atoms with Crippen LogP contribution in [0.2, 0.25) is 0 Å². The van der Waals surface area contributed by atoms with Gasteiger partial charge in [-0.1, -0.05) is 34.1 Å². The molecule has 0 fully saturated rings. The summed E-state index contributed by atoms with van der Waals surface area (Å²) in [6, 6.07) is 11.3. The molecule has 0 aromatic heterocycles. The van der Waals surface area contributed by atoms with Crippen molar-refractivity contribution >= 4 is 38.6 Å². The lowest BCUT2D eigenvalue weighted by Gasteiger charge is -2.16. The molecule has 20 heavy (non-hydrogen) atoms. The van der Waals surface area contributed by atoms with E-state index in [1.165, 1.54) is 12.0 Å². The van der Waals surface area contributed by atoms with Gasteiger partial charge in [0.25, 0.3) is 5.91 Å². The number of carbonyl (C=O) groups is 2. The van der Waals surface area contributed by atoms with Crippen LogP contribution in [0.25, 0.3) is 10.8 Å². The number of fused-ring (bicyclic) bond motifs is 1. The van der Waals surface area contributed by atoms with Crippen LogP contribution in [0.1, 0.15) is 10.4 Å². The second-order valence-corrected chi connectivity index (χ2v) is 5.27. The average Bonchev–Trinajstić information content (AvgIpc) is 2.46. The summed E-state index contributed by atoms with van der Waals surface area (Å²) in [7, 11) is 2.87. The van der Waals surface area contributed by atoms with Crippen LogP contribution in [-0.2, 0) is 9.53 Å². The van der Waals surface area contributed by atoms with E-state index in [0.717, 1.165) is 15.2 Å². The zero-order valence-electron chi connectivity index (χ0n) is 11.2. The lowest BCUT2D eigenvalue weighted by molar-refractivity contribution is -0.141. The fraction of sp³-hybridized carbons (Fsp3) is 0.200. The van der Waals surface area contributed by atoms with Gasteiger partial charge in [-0.25, -0.2) is 0 Å². The predicted molar refractivity (Wildman–Crippen MR) is 80.6 cm³/mol. The Hall–Kier alpha value is -1.88. The maximum absolute atomic E-state index is 12.2. The number of hydrogen-bond donors (Lipinski definition) is 0. The van der Waals surface area contributed by atoms with Crippen molar-refractivity contribution in [2.24, 2.45) is 0 Å². The van der Waals surface area contributed by atoms with Crippen molar-refractivity contribution in [3.8, 4) is 0 Å². The van der Waals surface area contributed by atoms with Crippen molar-refractivity contribution in [2.45, 2.75) is 0 Å². The van der Waals surface area contributed by atoms with Crippen LogP contribution in [0.5, 0.6) is 0 Å². The van der Waals surface area contributed by atoms with Gasteiger partial charge in [-0.15, -0.1) is 0 Å². The topological polar surface area (TPSA) is 46.6 Å². The van der Waals surface area contributed by atoms with Crippen LogP contribution in [0.4, 0.5) is 0 Å². The fourth-order valence-electron chi connectivity index (χ4n) is 1.93. The van der Waals surface area contributed by atoms with Gasteiger partial charge in [-0.2, -0.15) is 0 Å². The highest BCUT2D eigenvalue weighted by molar-refractivity contribution is 9.10. The van der Waals surface area contributed by atoms with Gasteiger partial charge in [0, 0.05) is 17.1 Å². The van der Waals surface area contributed by atoms with Crippen molar-refractivity contribution in [1.82, 2.24) is 4.90 Å². The molecule has 0 atom stereocenters. The van der Waals surface area contributed by atoms with Crippen LogP contribution in [0, 0.1) is 0 Å². The summed E-state index contributed by atoms with van der Waals surface area (Å²) in [5, 5.41) is 2.01. The Bertz CT molecular complexity index is 669. The zero-order valence-corrected chi connectivity index (χ0v) is 12.8. The first-order chi connectivity index (χ1) is 9.52.